The molecule has 1 aromatic carbocycles. The number of nitrogens with one attached hydrogen (secondary N) is 1. The lowest BCUT2D eigenvalue weighted by Gasteiger charge is -2.14. The summed E-state index contributed by atoms with van der Waals surface area (Å²) in [6.45, 7) is 6.75. The van der Waals surface area contributed by atoms with Gasteiger partial charge in [0.25, 0.3) is 5.89 Å². The van der Waals surface area contributed by atoms with E-state index in [0.29, 0.717) is 30.3 Å². The summed E-state index contributed by atoms with van der Waals surface area (Å²) in [6.07, 6.45) is 1.82. The first kappa shape index (κ1) is 16.5. The van der Waals surface area contributed by atoms with E-state index >= 15 is 0 Å². The largest absolute Gasteiger partial charge is 0.483 e. The fourth-order valence-corrected chi connectivity index (χ4v) is 2.19. The van der Waals surface area contributed by atoms with Gasteiger partial charge in [-0.25, -0.2) is 0 Å². The standard InChI is InChI=1S/C17H25N3O2/c1-5-12(2)14-8-6-7-9-15(14)21-11-17-19-16(20-22-17)10-13(3)18-4/h6-9,12-13,18H,5,10-11H2,1-4H3. The Hall–Kier alpha value is -1.88. The molecule has 1 N–H and O–H groups in total. The van der Waals surface area contributed by atoms with Crippen LogP contribution in [-0.4, -0.2) is 23.2 Å². The Bertz CT molecular complexity index is 583. The van der Waals surface area contributed by atoms with Gasteiger partial charge in [0.1, 0.15) is 5.75 Å². The highest BCUT2D eigenvalue weighted by Crippen LogP contribution is 2.28. The van der Waals surface area contributed by atoms with E-state index in [1.807, 2.05) is 25.2 Å². The zero-order chi connectivity index (χ0) is 15.9. The van der Waals surface area contributed by atoms with Crippen molar-refractivity contribution in [3.63, 3.8) is 0 Å². The van der Waals surface area contributed by atoms with Crippen LogP contribution in [0.1, 0.15) is 50.4 Å². The van der Waals surface area contributed by atoms with Crippen molar-refractivity contribution in [3.8, 4) is 5.75 Å². The zero-order valence-electron chi connectivity index (χ0n) is 13.8. The van der Waals surface area contributed by atoms with Gasteiger partial charge in [-0.2, -0.15) is 4.98 Å². The van der Waals surface area contributed by atoms with Crippen LogP contribution in [0, 0.1) is 0 Å². The van der Waals surface area contributed by atoms with Gasteiger partial charge >= 0.3 is 0 Å². The summed E-state index contributed by atoms with van der Waals surface area (Å²) in [7, 11) is 1.92. The van der Waals surface area contributed by atoms with Gasteiger partial charge in [-0.15, -0.1) is 0 Å². The number of benzene rings is 1. The number of likely N-dealkylation sites (N-methyl/N-ethyl adjacent to an activating group) is 1. The molecule has 5 nitrogen and oxygen atoms in total. The average molecular weight is 303 g/mol. The van der Waals surface area contributed by atoms with E-state index in [2.05, 4.69) is 42.3 Å². The number of ether oxygens (including phenoxy) is 1. The van der Waals surface area contributed by atoms with Crippen molar-refractivity contribution in [1.29, 1.82) is 0 Å². The molecule has 1 aromatic heterocycles. The minimum Gasteiger partial charge on any atom is -0.483 e. The number of nitrogens with zero attached hydrogens (tertiary/aromatic N) is 2. The van der Waals surface area contributed by atoms with E-state index in [-0.39, 0.29) is 0 Å². The van der Waals surface area contributed by atoms with Crippen LogP contribution in [0.2, 0.25) is 0 Å². The maximum absolute atomic E-state index is 5.88. The van der Waals surface area contributed by atoms with Gasteiger partial charge in [0.05, 0.1) is 0 Å². The topological polar surface area (TPSA) is 60.2 Å². The van der Waals surface area contributed by atoms with Gasteiger partial charge in [0.2, 0.25) is 0 Å². The number of hydrogen-bond acceptors (Lipinski definition) is 5. The highest BCUT2D eigenvalue weighted by Gasteiger charge is 2.13. The molecular weight excluding hydrogens is 278 g/mol. The van der Waals surface area contributed by atoms with Crippen LogP contribution >= 0.6 is 0 Å². The second-order valence-electron chi connectivity index (χ2n) is 5.63. The lowest BCUT2D eigenvalue weighted by Crippen LogP contribution is -2.24. The van der Waals surface area contributed by atoms with Crippen molar-refractivity contribution in [1.82, 2.24) is 15.5 Å². The molecule has 120 valence electrons. The number of rotatable bonds is 8. The molecule has 2 rings (SSSR count). The fourth-order valence-electron chi connectivity index (χ4n) is 2.19. The van der Waals surface area contributed by atoms with Crippen LogP contribution in [0.25, 0.3) is 0 Å². The first-order chi connectivity index (χ1) is 10.6. The van der Waals surface area contributed by atoms with Gasteiger partial charge in [-0.3, -0.25) is 0 Å². The molecule has 0 amide bonds. The SMILES string of the molecule is CCC(C)c1ccccc1OCc1nc(CC(C)NC)no1. The summed E-state index contributed by atoms with van der Waals surface area (Å²) in [6, 6.07) is 8.43. The highest BCUT2D eigenvalue weighted by molar-refractivity contribution is 5.35. The smallest absolute Gasteiger partial charge is 0.264 e. The second kappa shape index (κ2) is 7.94. The maximum atomic E-state index is 5.88. The highest BCUT2D eigenvalue weighted by atomic mass is 16.5. The van der Waals surface area contributed by atoms with E-state index in [9.17, 15) is 0 Å². The predicted molar refractivity (Wildman–Crippen MR) is 86.0 cm³/mol. The molecule has 2 aromatic rings. The summed E-state index contributed by atoms with van der Waals surface area (Å²) in [5.74, 6) is 2.57. The van der Waals surface area contributed by atoms with E-state index in [0.717, 1.165) is 18.6 Å². The number of hydrogen-bond donors (Lipinski definition) is 1. The molecule has 0 aliphatic carbocycles. The molecule has 0 saturated heterocycles. The summed E-state index contributed by atoms with van der Waals surface area (Å²) in [5, 5.41) is 7.14. The fraction of sp³-hybridized carbons (Fsp3) is 0.529. The van der Waals surface area contributed by atoms with Crippen LogP contribution in [0.4, 0.5) is 0 Å². The Morgan fingerprint density at radius 2 is 2.05 bits per heavy atom. The molecule has 1 heterocycles. The van der Waals surface area contributed by atoms with Crippen LogP contribution in [0.15, 0.2) is 28.8 Å². The van der Waals surface area contributed by atoms with Gasteiger partial charge in [0, 0.05) is 12.5 Å². The number of para-hydroxylation sites is 1. The third-order valence-corrected chi connectivity index (χ3v) is 3.91. The van der Waals surface area contributed by atoms with E-state index < -0.39 is 0 Å². The summed E-state index contributed by atoms with van der Waals surface area (Å²) in [5.41, 5.74) is 1.22. The van der Waals surface area contributed by atoms with Crippen molar-refractivity contribution in [3.05, 3.63) is 41.5 Å². The average Bonchev–Trinajstić information content (AvgIpc) is 2.99. The maximum Gasteiger partial charge on any atom is 0.264 e. The van der Waals surface area contributed by atoms with Gasteiger partial charge in [0.15, 0.2) is 12.4 Å². The minimum absolute atomic E-state index is 0.300. The van der Waals surface area contributed by atoms with Crippen LogP contribution < -0.4 is 10.1 Å². The molecule has 0 fully saturated rings. The molecule has 0 radical (unpaired) electrons. The molecule has 0 bridgehead atoms. The molecular formula is C17H25N3O2. The van der Waals surface area contributed by atoms with Crippen LogP contribution in [-0.2, 0) is 13.0 Å². The van der Waals surface area contributed by atoms with Crippen molar-refractivity contribution in [2.75, 3.05) is 7.05 Å². The monoisotopic (exact) mass is 303 g/mol. The van der Waals surface area contributed by atoms with E-state index in [1.54, 1.807) is 0 Å². The lowest BCUT2D eigenvalue weighted by molar-refractivity contribution is 0.239. The molecule has 22 heavy (non-hydrogen) atoms. The zero-order valence-corrected chi connectivity index (χ0v) is 13.8. The minimum atomic E-state index is 0.300. The van der Waals surface area contributed by atoms with E-state index in [4.69, 9.17) is 9.26 Å². The molecule has 2 unspecified atom stereocenters. The summed E-state index contributed by atoms with van der Waals surface area (Å²) in [4.78, 5) is 4.37. The van der Waals surface area contributed by atoms with E-state index in [1.165, 1.54) is 5.56 Å². The lowest BCUT2D eigenvalue weighted by atomic mass is 9.98. The summed E-state index contributed by atoms with van der Waals surface area (Å²) >= 11 is 0. The molecule has 5 heteroatoms. The van der Waals surface area contributed by atoms with Crippen LogP contribution in [0.5, 0.6) is 5.75 Å². The second-order valence-corrected chi connectivity index (χ2v) is 5.63. The van der Waals surface area contributed by atoms with Crippen molar-refractivity contribution < 1.29 is 9.26 Å². The Labute approximate surface area is 132 Å². The third kappa shape index (κ3) is 4.31. The van der Waals surface area contributed by atoms with Gasteiger partial charge in [-0.05, 0) is 37.9 Å². The molecule has 0 spiro atoms. The molecule has 0 aliphatic rings. The molecule has 0 saturated carbocycles. The van der Waals surface area contributed by atoms with Crippen molar-refractivity contribution in [2.45, 2.75) is 52.2 Å². The van der Waals surface area contributed by atoms with Gasteiger partial charge < -0.3 is 14.6 Å². The Kier molecular flexibility index (Phi) is 5.95. The van der Waals surface area contributed by atoms with Crippen LogP contribution in [0.3, 0.4) is 0 Å². The summed E-state index contributed by atoms with van der Waals surface area (Å²) < 4.78 is 11.1. The normalized spacial score (nSPS) is 13.8. The predicted octanol–water partition coefficient (Wildman–Crippen LogP) is 3.31. The number of aromatic nitrogens is 2. The first-order valence-corrected chi connectivity index (χ1v) is 7.84. The molecule has 0 aliphatic heterocycles. The first-order valence-electron chi connectivity index (χ1n) is 7.84. The van der Waals surface area contributed by atoms with Crippen molar-refractivity contribution >= 4 is 0 Å². The Balaban J connectivity index is 1.99. The molecule has 2 atom stereocenters. The van der Waals surface area contributed by atoms with Gasteiger partial charge in [-0.1, -0.05) is 37.2 Å². The quantitative estimate of drug-likeness (QED) is 0.810. The Morgan fingerprint density at radius 3 is 2.77 bits per heavy atom. The van der Waals surface area contributed by atoms with Crippen molar-refractivity contribution in [2.24, 2.45) is 0 Å². The third-order valence-electron chi connectivity index (χ3n) is 3.91. The Morgan fingerprint density at radius 1 is 1.27 bits per heavy atom.